The second-order valence-corrected chi connectivity index (χ2v) is 3.54. The topological polar surface area (TPSA) is 52.3 Å². The maximum atomic E-state index is 11.1. The second kappa shape index (κ2) is 4.86. The van der Waals surface area contributed by atoms with Gasteiger partial charge in [0.2, 0.25) is 0 Å². The lowest BCUT2D eigenvalue weighted by Gasteiger charge is -1.90. The van der Waals surface area contributed by atoms with E-state index in [0.717, 1.165) is 0 Å². The van der Waals surface area contributed by atoms with E-state index in [-0.39, 0.29) is 0 Å². The average Bonchev–Trinajstić information content (AvgIpc) is 2.06. The molecule has 3 nitrogen and oxygen atoms in total. The summed E-state index contributed by atoms with van der Waals surface area (Å²) in [5.41, 5.74) is 5.22. The van der Waals surface area contributed by atoms with Gasteiger partial charge in [-0.3, -0.25) is 4.52 Å². The van der Waals surface area contributed by atoms with Crippen molar-refractivity contribution < 1.29 is 9.09 Å². The molecule has 0 heterocycles. The molecule has 0 aliphatic carbocycles. The third kappa shape index (κ3) is 2.99. The normalized spacial score (nSPS) is 10.9. The summed E-state index contributed by atoms with van der Waals surface area (Å²) < 4.78 is 16.1. The lowest BCUT2D eigenvalue weighted by molar-refractivity contribution is 0.505. The summed E-state index contributed by atoms with van der Waals surface area (Å²) in [6.07, 6.45) is 0.407. The summed E-state index contributed by atoms with van der Waals surface area (Å²) in [6.45, 7) is 0.391. The van der Waals surface area contributed by atoms with Gasteiger partial charge >= 0.3 is 8.03 Å². The van der Waals surface area contributed by atoms with E-state index >= 15 is 0 Å². The summed E-state index contributed by atoms with van der Waals surface area (Å²) in [6, 6.07) is 9.08. The van der Waals surface area contributed by atoms with Crippen LogP contribution in [0.5, 0.6) is 5.75 Å². The van der Waals surface area contributed by atoms with Crippen LogP contribution in [0.25, 0.3) is 0 Å². The molecule has 0 fully saturated rings. The van der Waals surface area contributed by atoms with Gasteiger partial charge in [0, 0.05) is 6.54 Å². The second-order valence-electron chi connectivity index (χ2n) is 2.25. The van der Waals surface area contributed by atoms with Crippen LogP contribution in [0.1, 0.15) is 0 Å². The number of benzene rings is 1. The largest absolute Gasteiger partial charge is 0.557 e. The first-order chi connectivity index (χ1) is 5.83. The average molecular weight is 184 g/mol. The van der Waals surface area contributed by atoms with E-state index < -0.39 is 8.03 Å². The quantitative estimate of drug-likeness (QED) is 0.725. The molecule has 0 saturated heterocycles. The molecule has 1 aromatic carbocycles. The van der Waals surface area contributed by atoms with Crippen molar-refractivity contribution >= 4 is 8.03 Å². The maximum Gasteiger partial charge on any atom is 0.557 e. The van der Waals surface area contributed by atoms with Crippen molar-refractivity contribution in [3.8, 4) is 5.75 Å². The highest BCUT2D eigenvalue weighted by Gasteiger charge is 2.16. The molecule has 0 saturated carbocycles. The molecule has 12 heavy (non-hydrogen) atoms. The predicted octanol–water partition coefficient (Wildman–Crippen LogP) is 1.77. The summed E-state index contributed by atoms with van der Waals surface area (Å²) in [5, 5.41) is 0. The smallest absolute Gasteiger partial charge is 0.327 e. The van der Waals surface area contributed by atoms with E-state index in [0.29, 0.717) is 18.5 Å². The first-order valence-corrected chi connectivity index (χ1v) is 5.07. The van der Waals surface area contributed by atoms with E-state index in [1.54, 1.807) is 12.1 Å². The van der Waals surface area contributed by atoms with Gasteiger partial charge in [-0.25, -0.2) is 0 Å². The minimum atomic E-state index is -1.63. The third-order valence-corrected chi connectivity index (χ3v) is 2.30. The van der Waals surface area contributed by atoms with E-state index in [9.17, 15) is 4.57 Å². The lowest BCUT2D eigenvalue weighted by atomic mass is 10.3. The Bertz CT molecular complexity index is 250. The van der Waals surface area contributed by atoms with Crippen LogP contribution in [0, 0.1) is 0 Å². The van der Waals surface area contributed by atoms with Crippen molar-refractivity contribution in [1.29, 1.82) is 0 Å². The summed E-state index contributed by atoms with van der Waals surface area (Å²) in [4.78, 5) is 0. The fraction of sp³-hybridized carbons (Fsp3) is 0.250. The van der Waals surface area contributed by atoms with Crippen LogP contribution in [-0.2, 0) is 4.57 Å². The van der Waals surface area contributed by atoms with Crippen LogP contribution >= 0.6 is 8.03 Å². The van der Waals surface area contributed by atoms with Crippen LogP contribution in [0.15, 0.2) is 30.3 Å². The fourth-order valence-corrected chi connectivity index (χ4v) is 1.41. The van der Waals surface area contributed by atoms with Crippen molar-refractivity contribution in [3.05, 3.63) is 30.3 Å². The molecule has 0 amide bonds. The molecule has 4 heteroatoms. The molecule has 2 N–H and O–H groups in total. The molecule has 0 spiro atoms. The Morgan fingerprint density at radius 3 is 2.58 bits per heavy atom. The summed E-state index contributed by atoms with van der Waals surface area (Å²) in [5.74, 6) is 0.632. The first-order valence-electron chi connectivity index (χ1n) is 3.70. The molecule has 1 atom stereocenters. The monoisotopic (exact) mass is 184 g/mol. The zero-order chi connectivity index (χ0) is 8.81. The number of rotatable bonds is 4. The number of hydrogen-bond donors (Lipinski definition) is 1. The number of hydrogen-bond acceptors (Lipinski definition) is 3. The van der Waals surface area contributed by atoms with Gasteiger partial charge in [0.15, 0.2) is 11.9 Å². The van der Waals surface area contributed by atoms with Crippen molar-refractivity contribution in [1.82, 2.24) is 0 Å². The van der Waals surface area contributed by atoms with E-state index in [2.05, 4.69) is 0 Å². The highest BCUT2D eigenvalue weighted by atomic mass is 31.1. The van der Waals surface area contributed by atoms with E-state index in [1.165, 1.54) is 0 Å². The fourth-order valence-electron chi connectivity index (χ4n) is 0.750. The molecule has 0 aromatic heterocycles. The van der Waals surface area contributed by atoms with Crippen molar-refractivity contribution in [3.63, 3.8) is 0 Å². The molecular weight excluding hydrogens is 173 g/mol. The van der Waals surface area contributed by atoms with Gasteiger partial charge in [0.05, 0.1) is 0 Å². The minimum Gasteiger partial charge on any atom is -0.327 e. The van der Waals surface area contributed by atoms with Crippen LogP contribution in [-0.4, -0.2) is 12.7 Å². The zero-order valence-corrected chi connectivity index (χ0v) is 7.54. The lowest BCUT2D eigenvalue weighted by Crippen LogP contribution is -2.02. The predicted molar refractivity (Wildman–Crippen MR) is 48.6 cm³/mol. The van der Waals surface area contributed by atoms with Gasteiger partial charge in [-0.15, -0.1) is 0 Å². The first kappa shape index (κ1) is 9.17. The zero-order valence-electron chi connectivity index (χ0n) is 6.64. The third-order valence-electron chi connectivity index (χ3n) is 1.26. The summed E-state index contributed by atoms with van der Waals surface area (Å²) >= 11 is 0. The Balaban J connectivity index is 2.47. The van der Waals surface area contributed by atoms with Crippen LogP contribution < -0.4 is 10.3 Å². The minimum absolute atomic E-state index is 0.391. The molecule has 64 valence electrons. The molecule has 1 rings (SSSR count). The van der Waals surface area contributed by atoms with Gasteiger partial charge in [0.25, 0.3) is 0 Å². The van der Waals surface area contributed by atoms with Crippen molar-refractivity contribution in [2.45, 2.75) is 0 Å². The van der Waals surface area contributed by atoms with Crippen LogP contribution in [0.2, 0.25) is 0 Å². The molecule has 1 aromatic rings. The molecule has 0 bridgehead atoms. The molecule has 1 unspecified atom stereocenters. The van der Waals surface area contributed by atoms with Gasteiger partial charge in [-0.05, 0) is 16.7 Å². The highest BCUT2D eigenvalue weighted by molar-refractivity contribution is 7.39. The van der Waals surface area contributed by atoms with Crippen molar-refractivity contribution in [2.24, 2.45) is 5.73 Å². The Morgan fingerprint density at radius 2 is 2.00 bits per heavy atom. The molecule has 0 aliphatic heterocycles. The van der Waals surface area contributed by atoms with Crippen molar-refractivity contribution in [2.75, 3.05) is 12.7 Å². The van der Waals surface area contributed by atoms with Gasteiger partial charge in [0.1, 0.15) is 0 Å². The Hall–Kier alpha value is -0.920. The van der Waals surface area contributed by atoms with Crippen LogP contribution in [0.3, 0.4) is 0 Å². The Labute approximate surface area is 72.4 Å². The number of nitrogens with two attached hydrogens (primary N) is 1. The molecule has 0 radical (unpaired) electrons. The standard InChI is InChI=1S/C8H11NO2P/c9-6-7-12(10)11-8-4-2-1-3-5-8/h1-5H,6-7,9H2/q+1. The Kier molecular flexibility index (Phi) is 3.71. The van der Waals surface area contributed by atoms with Gasteiger partial charge < -0.3 is 5.73 Å². The molecular formula is C8H11NO2P+. The van der Waals surface area contributed by atoms with Crippen LogP contribution in [0.4, 0.5) is 0 Å². The highest BCUT2D eigenvalue weighted by Crippen LogP contribution is 2.25. The van der Waals surface area contributed by atoms with Gasteiger partial charge in [-0.2, -0.15) is 0 Å². The number of para-hydroxylation sites is 1. The van der Waals surface area contributed by atoms with E-state index in [1.807, 2.05) is 18.2 Å². The van der Waals surface area contributed by atoms with Gasteiger partial charge in [-0.1, -0.05) is 18.2 Å². The summed E-state index contributed by atoms with van der Waals surface area (Å²) in [7, 11) is -1.63. The SMILES string of the molecule is NCC[P+](=O)Oc1ccccc1. The molecule has 0 aliphatic rings. The maximum absolute atomic E-state index is 11.1. The Morgan fingerprint density at radius 1 is 1.33 bits per heavy atom. The van der Waals surface area contributed by atoms with E-state index in [4.69, 9.17) is 10.3 Å².